The summed E-state index contributed by atoms with van der Waals surface area (Å²) in [5.41, 5.74) is 2.51. The molecule has 0 saturated carbocycles. The Labute approximate surface area is 298 Å². The molecule has 4 aromatic rings. The third-order valence-electron chi connectivity index (χ3n) is 8.80. The summed E-state index contributed by atoms with van der Waals surface area (Å²) in [7, 11) is 1.50. The fraction of sp³-hybridized carbons (Fsp3) is 0.378. The van der Waals surface area contributed by atoms with Crippen molar-refractivity contribution in [2.24, 2.45) is 5.41 Å². The minimum atomic E-state index is -1.24. The van der Waals surface area contributed by atoms with Gasteiger partial charge in [-0.25, -0.2) is 13.8 Å². The third-order valence-corrected chi connectivity index (χ3v) is 9.59. The Morgan fingerprint density at radius 2 is 1.82 bits per heavy atom. The Morgan fingerprint density at radius 1 is 1.02 bits per heavy atom. The molecule has 0 saturated heterocycles. The van der Waals surface area contributed by atoms with Crippen molar-refractivity contribution in [1.29, 1.82) is 0 Å². The van der Waals surface area contributed by atoms with Gasteiger partial charge in [0.05, 0.1) is 21.1 Å². The lowest BCUT2D eigenvalue weighted by Gasteiger charge is -2.33. The molecule has 3 aromatic carbocycles. The first-order valence-corrected chi connectivity index (χ1v) is 17.6. The van der Waals surface area contributed by atoms with E-state index in [4.69, 9.17) is 9.47 Å². The van der Waals surface area contributed by atoms with Gasteiger partial charge in [0.1, 0.15) is 17.4 Å². The SMILES string of the molecule is COCCC1(C(=O)NCc2cc(F)ccc2F)CNC(=O)CCCN(C(=O)c2ccc3ncsc3c2)CCCNC(=O)COc2ccc(cc2)C1. The van der Waals surface area contributed by atoms with Crippen LogP contribution in [0, 0.1) is 17.0 Å². The predicted octanol–water partition coefficient (Wildman–Crippen LogP) is 4.39. The number of methoxy groups -OCH3 is 1. The second-order valence-corrected chi connectivity index (χ2v) is 13.3. The van der Waals surface area contributed by atoms with Gasteiger partial charge in [-0.1, -0.05) is 12.1 Å². The van der Waals surface area contributed by atoms with Gasteiger partial charge in [-0.3, -0.25) is 19.2 Å². The van der Waals surface area contributed by atoms with Crippen molar-refractivity contribution in [3.63, 3.8) is 0 Å². The van der Waals surface area contributed by atoms with Crippen LogP contribution in [0.15, 0.2) is 66.2 Å². The molecule has 0 fully saturated rings. The van der Waals surface area contributed by atoms with E-state index in [1.54, 1.807) is 52.9 Å². The van der Waals surface area contributed by atoms with Crippen LogP contribution < -0.4 is 20.7 Å². The summed E-state index contributed by atoms with van der Waals surface area (Å²) in [6.07, 6.45) is 1.28. The number of carbonyl (C=O) groups is 4. The Hall–Kier alpha value is -4.95. The molecule has 6 rings (SSSR count). The van der Waals surface area contributed by atoms with E-state index >= 15 is 0 Å². The summed E-state index contributed by atoms with van der Waals surface area (Å²) in [6.45, 7) is 0.595. The van der Waals surface area contributed by atoms with Crippen molar-refractivity contribution in [2.75, 3.05) is 46.5 Å². The average Bonchev–Trinajstić information content (AvgIpc) is 3.61. The number of rotatable bonds is 7. The van der Waals surface area contributed by atoms with Gasteiger partial charge in [0, 0.05) is 64.0 Å². The van der Waals surface area contributed by atoms with E-state index in [0.717, 1.165) is 34.0 Å². The number of nitrogens with zero attached hydrogens (tertiary/aromatic N) is 2. The number of carbonyl (C=O) groups excluding carboxylic acids is 4. The van der Waals surface area contributed by atoms with E-state index in [-0.39, 0.29) is 75.4 Å². The summed E-state index contributed by atoms with van der Waals surface area (Å²) < 4.78 is 40.2. The zero-order valence-corrected chi connectivity index (χ0v) is 29.2. The molecule has 14 heteroatoms. The Balaban J connectivity index is 1.36. The molecule has 2 bridgehead atoms. The molecule has 51 heavy (non-hydrogen) atoms. The van der Waals surface area contributed by atoms with Gasteiger partial charge in [-0.15, -0.1) is 11.3 Å². The number of hydrogen-bond acceptors (Lipinski definition) is 8. The number of amides is 4. The summed E-state index contributed by atoms with van der Waals surface area (Å²) in [4.78, 5) is 59.4. The fourth-order valence-corrected chi connectivity index (χ4v) is 6.63. The van der Waals surface area contributed by atoms with Gasteiger partial charge in [0.2, 0.25) is 11.8 Å². The molecule has 0 radical (unpaired) electrons. The highest BCUT2D eigenvalue weighted by atomic mass is 32.1. The highest BCUT2D eigenvalue weighted by molar-refractivity contribution is 7.16. The van der Waals surface area contributed by atoms with E-state index < -0.39 is 23.0 Å². The standard InChI is InChI=1S/C37H41F2N5O6S/c1-49-17-13-37(36(48)41-21-27-18-28(38)8-11-30(27)39)20-25-5-9-29(10-6-25)50-22-34(46)40-14-3-16-44(15-2-4-33(45)42-23-37)35(47)26-7-12-31-32(19-26)51-24-43-31/h5-12,18-19,24H,2-4,13-17,20-23H2,1H3,(H,40,46)(H,41,48)(H,42,45). The molecule has 0 spiro atoms. The van der Waals surface area contributed by atoms with Crippen molar-refractivity contribution in [1.82, 2.24) is 25.8 Å². The first-order chi connectivity index (χ1) is 24.7. The monoisotopic (exact) mass is 721 g/mol. The quantitative estimate of drug-likeness (QED) is 0.257. The summed E-state index contributed by atoms with van der Waals surface area (Å²) in [5.74, 6) is -2.15. The van der Waals surface area contributed by atoms with Gasteiger partial charge < -0.3 is 30.3 Å². The molecule has 270 valence electrons. The zero-order chi connectivity index (χ0) is 36.2. The maximum Gasteiger partial charge on any atom is 0.257 e. The first kappa shape index (κ1) is 37.3. The van der Waals surface area contributed by atoms with Gasteiger partial charge in [-0.05, 0) is 79.8 Å². The molecule has 1 unspecified atom stereocenters. The summed E-state index contributed by atoms with van der Waals surface area (Å²) in [6, 6.07) is 15.3. The lowest BCUT2D eigenvalue weighted by atomic mass is 9.77. The highest BCUT2D eigenvalue weighted by Crippen LogP contribution is 2.29. The normalized spacial score (nSPS) is 18.1. The zero-order valence-electron chi connectivity index (χ0n) is 28.3. The van der Waals surface area contributed by atoms with Crippen LogP contribution >= 0.6 is 11.3 Å². The molecular weight excluding hydrogens is 680 g/mol. The maximum absolute atomic E-state index is 14.4. The van der Waals surface area contributed by atoms with Crippen LogP contribution in [0.3, 0.4) is 0 Å². The van der Waals surface area contributed by atoms with Crippen molar-refractivity contribution in [3.8, 4) is 5.75 Å². The molecule has 4 amide bonds. The van der Waals surface area contributed by atoms with E-state index in [2.05, 4.69) is 20.9 Å². The third kappa shape index (κ3) is 10.3. The van der Waals surface area contributed by atoms with Crippen molar-refractivity contribution >= 4 is 45.2 Å². The smallest absolute Gasteiger partial charge is 0.257 e. The Morgan fingerprint density at radius 3 is 2.63 bits per heavy atom. The van der Waals surface area contributed by atoms with Gasteiger partial charge in [0.15, 0.2) is 6.61 Å². The predicted molar refractivity (Wildman–Crippen MR) is 188 cm³/mol. The second kappa shape index (κ2) is 17.8. The molecule has 11 nitrogen and oxygen atoms in total. The largest absolute Gasteiger partial charge is 0.484 e. The first-order valence-electron chi connectivity index (χ1n) is 16.7. The number of halogens is 2. The number of ether oxygens (including phenoxy) is 2. The van der Waals surface area contributed by atoms with Crippen LogP contribution in [-0.4, -0.2) is 80.0 Å². The number of aromatic nitrogens is 1. The topological polar surface area (TPSA) is 139 Å². The van der Waals surface area contributed by atoms with Crippen LogP contribution in [0.25, 0.3) is 10.2 Å². The number of nitrogens with one attached hydrogen (secondary N) is 3. The molecule has 3 N–H and O–H groups in total. The van der Waals surface area contributed by atoms with Crippen molar-refractivity contribution < 1.29 is 37.4 Å². The average molecular weight is 722 g/mol. The molecule has 2 aliphatic rings. The minimum absolute atomic E-state index is 0.0159. The van der Waals surface area contributed by atoms with Crippen LogP contribution in [0.4, 0.5) is 8.78 Å². The van der Waals surface area contributed by atoms with E-state index in [1.165, 1.54) is 18.4 Å². The van der Waals surface area contributed by atoms with Crippen LogP contribution in [-0.2, 0) is 32.1 Å². The van der Waals surface area contributed by atoms with Crippen LogP contribution in [0.2, 0.25) is 0 Å². The molecule has 0 aliphatic carbocycles. The highest BCUT2D eigenvalue weighted by Gasteiger charge is 2.39. The summed E-state index contributed by atoms with van der Waals surface area (Å²) in [5, 5.41) is 8.50. The van der Waals surface area contributed by atoms with E-state index in [0.29, 0.717) is 37.2 Å². The van der Waals surface area contributed by atoms with Gasteiger partial charge in [0.25, 0.3) is 11.8 Å². The second-order valence-electron chi connectivity index (χ2n) is 12.5. The minimum Gasteiger partial charge on any atom is -0.484 e. The Bertz CT molecular complexity index is 1840. The van der Waals surface area contributed by atoms with Crippen molar-refractivity contribution in [3.05, 3.63) is 94.5 Å². The molecule has 1 aromatic heterocycles. The van der Waals surface area contributed by atoms with Gasteiger partial charge in [-0.2, -0.15) is 0 Å². The van der Waals surface area contributed by atoms with Crippen LogP contribution in [0.5, 0.6) is 5.75 Å². The molecule has 2 aliphatic heterocycles. The lowest BCUT2D eigenvalue weighted by Crippen LogP contribution is -2.50. The number of benzene rings is 3. The van der Waals surface area contributed by atoms with E-state index in [9.17, 15) is 28.0 Å². The van der Waals surface area contributed by atoms with Gasteiger partial charge >= 0.3 is 0 Å². The Kier molecular flexibility index (Phi) is 13.0. The number of fused-ring (bicyclic) bond motifs is 18. The fourth-order valence-electron chi connectivity index (χ4n) is 5.92. The number of hydrogen-bond donors (Lipinski definition) is 3. The number of thiazole rings is 1. The molecule has 3 heterocycles. The van der Waals surface area contributed by atoms with E-state index in [1.807, 2.05) is 0 Å². The molecular formula is C37H41F2N5O6S. The lowest BCUT2D eigenvalue weighted by molar-refractivity contribution is -0.133. The maximum atomic E-state index is 14.4. The van der Waals surface area contributed by atoms with Crippen molar-refractivity contribution in [2.45, 2.75) is 38.6 Å². The molecule has 1 atom stereocenters. The summed E-state index contributed by atoms with van der Waals surface area (Å²) >= 11 is 1.44. The van der Waals surface area contributed by atoms with Crippen LogP contribution in [0.1, 0.15) is 47.2 Å².